The Morgan fingerprint density at radius 2 is 1.80 bits per heavy atom. The molecule has 96 valence electrons. The molecule has 2 aromatic carbocycles. The third kappa shape index (κ3) is 1.92. The largest absolute Gasteiger partial charge is 0.268 e. The van der Waals surface area contributed by atoms with Crippen molar-refractivity contribution in [1.29, 1.82) is 5.26 Å². The predicted octanol–water partition coefficient (Wildman–Crippen LogP) is 2.65. The number of benzene rings is 2. The molecule has 5 nitrogen and oxygen atoms in total. The number of nitriles is 1. The zero-order valence-corrected chi connectivity index (χ0v) is 10.8. The predicted molar refractivity (Wildman–Crippen MR) is 75.1 cm³/mol. The average molecular weight is 283 g/mol. The van der Waals surface area contributed by atoms with Crippen molar-refractivity contribution in [1.82, 2.24) is 15.3 Å². The molecule has 0 saturated carbocycles. The summed E-state index contributed by atoms with van der Waals surface area (Å²) in [5.74, 6) is -0.515. The highest BCUT2D eigenvalue weighted by atomic mass is 35.5. The van der Waals surface area contributed by atoms with Crippen LogP contribution in [0.2, 0.25) is 5.02 Å². The first-order valence-electron chi connectivity index (χ1n) is 5.75. The topological polar surface area (TPSA) is 78.7 Å². The zero-order valence-electron chi connectivity index (χ0n) is 10.1. The van der Waals surface area contributed by atoms with Gasteiger partial charge in [-0.25, -0.2) is 9.97 Å². The number of nitrogens with one attached hydrogen (secondary N) is 1. The standard InChI is InChI=1S/C14H7ClN4O/c15-9-4-2-6-11-13(9)19-12-8(14(20)17-7-16)3-1-5-10(12)18-11/h1-6H,(H,17,20). The molecular weight excluding hydrogens is 276 g/mol. The average Bonchev–Trinajstić information content (AvgIpc) is 2.45. The van der Waals surface area contributed by atoms with E-state index in [-0.39, 0.29) is 0 Å². The van der Waals surface area contributed by atoms with Crippen LogP contribution in [-0.2, 0) is 0 Å². The summed E-state index contributed by atoms with van der Waals surface area (Å²) in [6, 6.07) is 10.3. The van der Waals surface area contributed by atoms with E-state index in [1.54, 1.807) is 42.6 Å². The maximum Gasteiger partial charge on any atom is 0.266 e. The quantitative estimate of drug-likeness (QED) is 0.423. The normalized spacial score (nSPS) is 10.4. The minimum absolute atomic E-state index is 0.290. The number of hydrogen-bond donors (Lipinski definition) is 1. The molecule has 0 unspecified atom stereocenters. The Balaban J connectivity index is 2.36. The van der Waals surface area contributed by atoms with Gasteiger partial charge in [-0.1, -0.05) is 23.7 Å². The zero-order chi connectivity index (χ0) is 14.1. The number of fused-ring (bicyclic) bond motifs is 2. The van der Waals surface area contributed by atoms with Gasteiger partial charge in [-0.2, -0.15) is 5.26 Å². The molecule has 0 bridgehead atoms. The van der Waals surface area contributed by atoms with Crippen LogP contribution >= 0.6 is 11.6 Å². The van der Waals surface area contributed by atoms with Crippen LogP contribution in [0.3, 0.4) is 0 Å². The van der Waals surface area contributed by atoms with Gasteiger partial charge in [0.25, 0.3) is 5.91 Å². The van der Waals surface area contributed by atoms with Crippen molar-refractivity contribution in [2.75, 3.05) is 0 Å². The van der Waals surface area contributed by atoms with E-state index in [4.69, 9.17) is 16.9 Å². The lowest BCUT2D eigenvalue weighted by Crippen LogP contribution is -2.18. The van der Waals surface area contributed by atoms with Crippen LogP contribution in [0.5, 0.6) is 0 Å². The number of halogens is 1. The van der Waals surface area contributed by atoms with Crippen LogP contribution in [0.15, 0.2) is 36.4 Å². The van der Waals surface area contributed by atoms with Crippen LogP contribution in [0.1, 0.15) is 10.4 Å². The van der Waals surface area contributed by atoms with Gasteiger partial charge in [0, 0.05) is 0 Å². The third-order valence-corrected chi connectivity index (χ3v) is 3.16. The molecular formula is C14H7ClN4O. The smallest absolute Gasteiger partial charge is 0.266 e. The molecule has 1 amide bonds. The fraction of sp³-hybridized carbons (Fsp3) is 0. The van der Waals surface area contributed by atoms with Gasteiger partial charge in [-0.15, -0.1) is 0 Å². The lowest BCUT2D eigenvalue weighted by atomic mass is 10.1. The maximum absolute atomic E-state index is 11.8. The second-order valence-corrected chi connectivity index (χ2v) is 4.48. The fourth-order valence-corrected chi connectivity index (χ4v) is 2.20. The summed E-state index contributed by atoms with van der Waals surface area (Å²) in [4.78, 5) is 20.7. The van der Waals surface area contributed by atoms with Crippen molar-refractivity contribution in [3.8, 4) is 6.19 Å². The number of aromatic nitrogens is 2. The van der Waals surface area contributed by atoms with Gasteiger partial charge in [0.05, 0.1) is 21.6 Å². The summed E-state index contributed by atoms with van der Waals surface area (Å²) in [6.45, 7) is 0. The van der Waals surface area contributed by atoms with E-state index in [2.05, 4.69) is 15.3 Å². The minimum atomic E-state index is -0.515. The van der Waals surface area contributed by atoms with Gasteiger partial charge in [0.1, 0.15) is 11.0 Å². The second-order valence-electron chi connectivity index (χ2n) is 4.07. The van der Waals surface area contributed by atoms with Crippen molar-refractivity contribution in [3.63, 3.8) is 0 Å². The van der Waals surface area contributed by atoms with Crippen LogP contribution < -0.4 is 5.32 Å². The van der Waals surface area contributed by atoms with Gasteiger partial charge in [0.2, 0.25) is 0 Å². The van der Waals surface area contributed by atoms with Crippen LogP contribution in [-0.4, -0.2) is 15.9 Å². The second kappa shape index (κ2) is 4.76. The molecule has 0 aliphatic heterocycles. The lowest BCUT2D eigenvalue weighted by molar-refractivity contribution is 0.0974. The summed E-state index contributed by atoms with van der Waals surface area (Å²) in [6.07, 6.45) is 1.61. The number of amides is 1. The summed E-state index contributed by atoms with van der Waals surface area (Å²) < 4.78 is 0. The SMILES string of the molecule is N#CNC(=O)c1cccc2nc3cccc(Cl)c3nc12. The molecule has 0 spiro atoms. The van der Waals surface area contributed by atoms with Gasteiger partial charge in [-0.05, 0) is 24.3 Å². The first-order chi connectivity index (χ1) is 9.70. The lowest BCUT2D eigenvalue weighted by Gasteiger charge is -2.05. The van der Waals surface area contributed by atoms with Crippen LogP contribution in [0.25, 0.3) is 22.1 Å². The molecule has 3 rings (SSSR count). The van der Waals surface area contributed by atoms with Crippen molar-refractivity contribution >= 4 is 39.6 Å². The fourth-order valence-electron chi connectivity index (χ4n) is 1.99. The Hall–Kier alpha value is -2.71. The maximum atomic E-state index is 11.8. The van der Waals surface area contributed by atoms with Crippen LogP contribution in [0.4, 0.5) is 0 Å². The molecule has 1 N–H and O–H groups in total. The number of carbonyl (C=O) groups excluding carboxylic acids is 1. The van der Waals surface area contributed by atoms with E-state index in [9.17, 15) is 4.79 Å². The summed E-state index contributed by atoms with van der Waals surface area (Å²) in [7, 11) is 0. The van der Waals surface area contributed by atoms with Gasteiger partial charge < -0.3 is 0 Å². The first-order valence-corrected chi connectivity index (χ1v) is 6.13. The Bertz CT molecular complexity index is 885. The highest BCUT2D eigenvalue weighted by Crippen LogP contribution is 2.24. The first kappa shape index (κ1) is 12.3. The molecule has 1 aromatic heterocycles. The molecule has 0 atom stereocenters. The molecule has 0 aliphatic carbocycles. The van der Waals surface area contributed by atoms with E-state index >= 15 is 0 Å². The monoisotopic (exact) mass is 282 g/mol. The molecule has 20 heavy (non-hydrogen) atoms. The minimum Gasteiger partial charge on any atom is -0.268 e. The molecule has 6 heteroatoms. The molecule has 0 aliphatic rings. The summed E-state index contributed by atoms with van der Waals surface area (Å²) in [5.41, 5.74) is 2.46. The number of hydrogen-bond acceptors (Lipinski definition) is 4. The van der Waals surface area contributed by atoms with Gasteiger partial charge >= 0.3 is 0 Å². The highest BCUT2D eigenvalue weighted by Gasteiger charge is 2.13. The van der Waals surface area contributed by atoms with E-state index < -0.39 is 5.91 Å². The number of para-hydroxylation sites is 2. The Morgan fingerprint density at radius 3 is 2.55 bits per heavy atom. The van der Waals surface area contributed by atoms with Crippen molar-refractivity contribution in [2.45, 2.75) is 0 Å². The Labute approximate surface area is 118 Å². The number of rotatable bonds is 1. The van der Waals surface area contributed by atoms with E-state index in [1.807, 2.05) is 0 Å². The Morgan fingerprint density at radius 1 is 1.10 bits per heavy atom. The molecule has 0 radical (unpaired) electrons. The number of nitrogens with zero attached hydrogens (tertiary/aromatic N) is 3. The molecule has 0 fully saturated rings. The van der Waals surface area contributed by atoms with Crippen molar-refractivity contribution in [2.24, 2.45) is 0 Å². The third-order valence-electron chi connectivity index (χ3n) is 2.86. The number of carbonyl (C=O) groups is 1. The molecule has 3 aromatic rings. The van der Waals surface area contributed by atoms with E-state index in [0.717, 1.165) is 0 Å². The van der Waals surface area contributed by atoms with Crippen molar-refractivity contribution < 1.29 is 4.79 Å². The Kier molecular flexibility index (Phi) is 2.93. The van der Waals surface area contributed by atoms with Gasteiger partial charge in [-0.3, -0.25) is 10.1 Å². The van der Waals surface area contributed by atoms with Gasteiger partial charge in [0.15, 0.2) is 6.19 Å². The van der Waals surface area contributed by atoms with E-state index in [1.165, 1.54) is 0 Å². The van der Waals surface area contributed by atoms with Crippen LogP contribution in [0, 0.1) is 11.5 Å². The van der Waals surface area contributed by atoms with Crippen molar-refractivity contribution in [3.05, 3.63) is 47.0 Å². The van der Waals surface area contributed by atoms with E-state index in [0.29, 0.717) is 32.7 Å². The molecule has 0 saturated heterocycles. The summed E-state index contributed by atoms with van der Waals surface area (Å²) in [5, 5.41) is 11.1. The molecule has 1 heterocycles. The summed E-state index contributed by atoms with van der Waals surface area (Å²) >= 11 is 6.10. The highest BCUT2D eigenvalue weighted by molar-refractivity contribution is 6.35.